The van der Waals surface area contributed by atoms with Crippen LogP contribution in [0.25, 0.3) is 0 Å². The molecule has 2 aliphatic rings. The van der Waals surface area contributed by atoms with Crippen LogP contribution in [0.3, 0.4) is 0 Å². The summed E-state index contributed by atoms with van der Waals surface area (Å²) < 4.78 is 0. The standard InChI is InChI=1S/C10H12/c1-3-10-7(2)8-4-5-9(10)6-8/h3-5,8-9H,2,6H2,1H3. The quantitative estimate of drug-likeness (QED) is 0.444. The molecule has 10 heavy (non-hydrogen) atoms. The Morgan fingerprint density at radius 2 is 2.20 bits per heavy atom. The van der Waals surface area contributed by atoms with E-state index in [1.165, 1.54) is 17.6 Å². The van der Waals surface area contributed by atoms with E-state index in [1.807, 2.05) is 0 Å². The molecule has 52 valence electrons. The summed E-state index contributed by atoms with van der Waals surface area (Å²) >= 11 is 0. The molecule has 1 fully saturated rings. The number of allylic oxidation sites excluding steroid dienone is 5. The fraction of sp³-hybridized carbons (Fsp3) is 0.400. The van der Waals surface area contributed by atoms with Crippen LogP contribution in [0.2, 0.25) is 0 Å². The van der Waals surface area contributed by atoms with E-state index >= 15 is 0 Å². The first-order valence-electron chi connectivity index (χ1n) is 3.86. The number of hydrogen-bond donors (Lipinski definition) is 0. The average molecular weight is 132 g/mol. The van der Waals surface area contributed by atoms with Gasteiger partial charge in [-0.2, -0.15) is 0 Å². The van der Waals surface area contributed by atoms with Crippen molar-refractivity contribution in [3.63, 3.8) is 0 Å². The molecule has 1 saturated carbocycles. The van der Waals surface area contributed by atoms with Crippen LogP contribution in [0.4, 0.5) is 0 Å². The molecule has 0 heterocycles. The Labute approximate surface area is 61.9 Å². The minimum absolute atomic E-state index is 0.677. The fourth-order valence-electron chi connectivity index (χ4n) is 2.04. The topological polar surface area (TPSA) is 0 Å². The number of fused-ring (bicyclic) bond motifs is 2. The zero-order valence-electron chi connectivity index (χ0n) is 6.30. The lowest BCUT2D eigenvalue weighted by atomic mass is 9.96. The zero-order chi connectivity index (χ0) is 7.14. The van der Waals surface area contributed by atoms with Crippen molar-refractivity contribution >= 4 is 0 Å². The van der Waals surface area contributed by atoms with Crippen molar-refractivity contribution in [2.75, 3.05) is 0 Å². The molecule has 0 aromatic carbocycles. The highest BCUT2D eigenvalue weighted by Gasteiger charge is 2.33. The van der Waals surface area contributed by atoms with E-state index in [-0.39, 0.29) is 0 Å². The van der Waals surface area contributed by atoms with Gasteiger partial charge in [0.2, 0.25) is 0 Å². The van der Waals surface area contributed by atoms with Gasteiger partial charge in [0.05, 0.1) is 0 Å². The van der Waals surface area contributed by atoms with E-state index in [0.29, 0.717) is 11.8 Å². The molecule has 0 nitrogen and oxygen atoms in total. The summed E-state index contributed by atoms with van der Waals surface area (Å²) in [5.41, 5.74) is 2.84. The molecule has 0 aromatic rings. The minimum Gasteiger partial charge on any atom is -0.0949 e. The molecule has 0 aliphatic heterocycles. The van der Waals surface area contributed by atoms with Gasteiger partial charge in [0.15, 0.2) is 0 Å². The second-order valence-electron chi connectivity index (χ2n) is 3.10. The Bertz CT molecular complexity index is 230. The van der Waals surface area contributed by atoms with E-state index in [1.54, 1.807) is 0 Å². The molecule has 2 bridgehead atoms. The highest BCUT2D eigenvalue weighted by Crippen LogP contribution is 2.45. The van der Waals surface area contributed by atoms with Crippen LogP contribution in [-0.4, -0.2) is 0 Å². The second-order valence-corrected chi connectivity index (χ2v) is 3.10. The summed E-state index contributed by atoms with van der Waals surface area (Å²) in [5, 5.41) is 0. The van der Waals surface area contributed by atoms with Gasteiger partial charge in [-0.25, -0.2) is 0 Å². The first kappa shape index (κ1) is 5.96. The van der Waals surface area contributed by atoms with Crippen molar-refractivity contribution in [3.05, 3.63) is 36.0 Å². The summed E-state index contributed by atoms with van der Waals surface area (Å²) in [4.78, 5) is 0. The molecule has 2 unspecified atom stereocenters. The van der Waals surface area contributed by atoms with Gasteiger partial charge >= 0.3 is 0 Å². The van der Waals surface area contributed by atoms with Crippen LogP contribution in [0.1, 0.15) is 13.3 Å². The van der Waals surface area contributed by atoms with Gasteiger partial charge in [-0.15, -0.1) is 0 Å². The SMILES string of the molecule is C=C1C(=CC)C2C=CC1C2. The van der Waals surface area contributed by atoms with Crippen molar-refractivity contribution < 1.29 is 0 Å². The number of hydrogen-bond acceptors (Lipinski definition) is 0. The van der Waals surface area contributed by atoms with E-state index in [0.717, 1.165) is 0 Å². The van der Waals surface area contributed by atoms with Gasteiger partial charge in [0.1, 0.15) is 0 Å². The monoisotopic (exact) mass is 132 g/mol. The summed E-state index contributed by atoms with van der Waals surface area (Å²) in [6.45, 7) is 6.18. The fourth-order valence-corrected chi connectivity index (χ4v) is 2.04. The average Bonchev–Trinajstić information content (AvgIpc) is 2.46. The van der Waals surface area contributed by atoms with Crippen LogP contribution in [-0.2, 0) is 0 Å². The van der Waals surface area contributed by atoms with E-state index < -0.39 is 0 Å². The molecule has 0 heteroatoms. The highest BCUT2D eigenvalue weighted by atomic mass is 14.4. The van der Waals surface area contributed by atoms with Crippen LogP contribution >= 0.6 is 0 Å². The molecule has 0 amide bonds. The molecule has 2 aliphatic carbocycles. The lowest BCUT2D eigenvalue weighted by Gasteiger charge is -2.09. The Kier molecular flexibility index (Phi) is 1.10. The minimum atomic E-state index is 0.677. The molecule has 0 radical (unpaired) electrons. The van der Waals surface area contributed by atoms with Gasteiger partial charge in [-0.05, 0) is 24.5 Å². The van der Waals surface area contributed by atoms with Crippen LogP contribution in [0, 0.1) is 11.8 Å². The summed E-state index contributed by atoms with van der Waals surface area (Å²) in [5.74, 6) is 1.39. The van der Waals surface area contributed by atoms with Crippen LogP contribution < -0.4 is 0 Å². The summed E-state index contributed by atoms with van der Waals surface area (Å²) in [6.07, 6.45) is 8.10. The highest BCUT2D eigenvalue weighted by molar-refractivity contribution is 5.46. The largest absolute Gasteiger partial charge is 0.0949 e. The van der Waals surface area contributed by atoms with E-state index in [9.17, 15) is 0 Å². The van der Waals surface area contributed by atoms with Crippen molar-refractivity contribution in [2.45, 2.75) is 13.3 Å². The zero-order valence-corrected chi connectivity index (χ0v) is 6.30. The molecule has 0 spiro atoms. The van der Waals surface area contributed by atoms with Crippen molar-refractivity contribution in [3.8, 4) is 0 Å². The summed E-state index contributed by atoms with van der Waals surface area (Å²) in [6, 6.07) is 0. The second kappa shape index (κ2) is 1.85. The van der Waals surface area contributed by atoms with Crippen LogP contribution in [0.15, 0.2) is 36.0 Å². The molecule has 2 rings (SSSR count). The third kappa shape index (κ3) is 0.566. The Morgan fingerprint density at radius 3 is 2.60 bits per heavy atom. The van der Waals surface area contributed by atoms with Gasteiger partial charge in [0.25, 0.3) is 0 Å². The maximum atomic E-state index is 4.07. The van der Waals surface area contributed by atoms with Crippen molar-refractivity contribution in [2.24, 2.45) is 11.8 Å². The molecular formula is C10H12. The van der Waals surface area contributed by atoms with Crippen LogP contribution in [0.5, 0.6) is 0 Å². The smallest absolute Gasteiger partial charge is 0.00264 e. The van der Waals surface area contributed by atoms with Crippen molar-refractivity contribution in [1.29, 1.82) is 0 Å². The summed E-state index contributed by atoms with van der Waals surface area (Å²) in [7, 11) is 0. The maximum absolute atomic E-state index is 4.07. The first-order valence-corrected chi connectivity index (χ1v) is 3.86. The molecule has 2 atom stereocenters. The maximum Gasteiger partial charge on any atom is 0.00264 e. The van der Waals surface area contributed by atoms with Gasteiger partial charge in [-0.1, -0.05) is 24.8 Å². The van der Waals surface area contributed by atoms with E-state index in [2.05, 4.69) is 31.7 Å². The lowest BCUT2D eigenvalue weighted by molar-refractivity contribution is 0.736. The van der Waals surface area contributed by atoms with Gasteiger partial charge in [0, 0.05) is 11.8 Å². The molecule has 0 N–H and O–H groups in total. The molecule has 0 saturated heterocycles. The van der Waals surface area contributed by atoms with Gasteiger partial charge < -0.3 is 0 Å². The molecule has 0 aromatic heterocycles. The Balaban J connectivity index is 2.43. The van der Waals surface area contributed by atoms with Gasteiger partial charge in [-0.3, -0.25) is 0 Å². The van der Waals surface area contributed by atoms with E-state index in [4.69, 9.17) is 0 Å². The third-order valence-electron chi connectivity index (χ3n) is 2.61. The number of rotatable bonds is 0. The predicted molar refractivity (Wildman–Crippen MR) is 43.6 cm³/mol. The van der Waals surface area contributed by atoms with Crippen molar-refractivity contribution in [1.82, 2.24) is 0 Å². The third-order valence-corrected chi connectivity index (χ3v) is 2.61. The predicted octanol–water partition coefficient (Wildman–Crippen LogP) is 2.69. The molecular weight excluding hydrogens is 120 g/mol. The normalized spacial score (nSPS) is 40.1. The first-order chi connectivity index (χ1) is 4.83. The Hall–Kier alpha value is -0.780. The Morgan fingerprint density at radius 1 is 1.50 bits per heavy atom. The lowest BCUT2D eigenvalue weighted by Crippen LogP contribution is -1.94.